The Labute approximate surface area is 270 Å². The number of nitrogens with one attached hydrogen (secondary N) is 1. The van der Waals surface area contributed by atoms with Crippen LogP contribution < -0.4 is 20.7 Å². The lowest BCUT2D eigenvalue weighted by Crippen LogP contribution is -2.51. The van der Waals surface area contributed by atoms with Crippen molar-refractivity contribution in [1.29, 1.82) is 5.26 Å². The topological polar surface area (TPSA) is 103 Å². The Balaban J connectivity index is 1.40. The van der Waals surface area contributed by atoms with Crippen molar-refractivity contribution in [3.63, 3.8) is 0 Å². The molecule has 13 heteroatoms. The maximum Gasteiger partial charge on any atom is 0.319 e. The first-order valence-corrected chi connectivity index (χ1v) is 16.2. The van der Waals surface area contributed by atoms with Crippen LogP contribution in [0.3, 0.4) is 0 Å². The summed E-state index contributed by atoms with van der Waals surface area (Å²) in [7, 11) is 1.87. The van der Waals surface area contributed by atoms with Gasteiger partial charge in [0.1, 0.15) is 23.2 Å². The highest BCUT2D eigenvalue weighted by molar-refractivity contribution is 5.96. The predicted octanol–water partition coefficient (Wildman–Crippen LogP) is 5.90. The van der Waals surface area contributed by atoms with Crippen molar-refractivity contribution in [2.75, 3.05) is 50.5 Å². The molecule has 47 heavy (non-hydrogen) atoms. The Morgan fingerprint density at radius 3 is 2.43 bits per heavy atom. The number of hydrogen-bond acceptors (Lipinski definition) is 8. The molecule has 1 aromatic heterocycles. The average Bonchev–Trinajstić information content (AvgIpc) is 3.81. The first-order chi connectivity index (χ1) is 22.4. The van der Waals surface area contributed by atoms with Crippen molar-refractivity contribution >= 4 is 22.4 Å². The lowest BCUT2D eigenvalue weighted by atomic mass is 9.73. The molecule has 250 valence electrons. The Morgan fingerprint density at radius 2 is 1.79 bits per heavy atom. The molecule has 4 atom stereocenters. The normalized spacial score (nSPS) is 26.3. The smallest absolute Gasteiger partial charge is 0.319 e. The number of benzene rings is 2. The quantitative estimate of drug-likeness (QED) is 0.240. The van der Waals surface area contributed by atoms with Gasteiger partial charge in [0.05, 0.1) is 23.4 Å². The van der Waals surface area contributed by atoms with E-state index in [0.29, 0.717) is 51.0 Å². The van der Waals surface area contributed by atoms with Crippen molar-refractivity contribution in [1.82, 2.24) is 20.2 Å². The maximum absolute atomic E-state index is 17.0. The molecule has 7 rings (SSSR count). The van der Waals surface area contributed by atoms with Gasteiger partial charge >= 0.3 is 6.01 Å². The Morgan fingerprint density at radius 1 is 1.09 bits per heavy atom. The highest BCUT2D eigenvalue weighted by Gasteiger charge is 2.45. The summed E-state index contributed by atoms with van der Waals surface area (Å²) in [6, 6.07) is 3.18. The fourth-order valence-electron chi connectivity index (χ4n) is 8.14. The van der Waals surface area contributed by atoms with E-state index in [1.165, 1.54) is 6.92 Å². The third-order valence-electron chi connectivity index (χ3n) is 10.6. The van der Waals surface area contributed by atoms with Crippen LogP contribution in [0, 0.1) is 47.0 Å². The van der Waals surface area contributed by atoms with Gasteiger partial charge in [-0.15, -0.1) is 0 Å². The van der Waals surface area contributed by atoms with Crippen LogP contribution in [-0.2, 0) is 0 Å². The standard InChI is InChI=1S/C34H38F5N7O/c1-16-24(17-4-5-17)25(21(11-40)29(41)27(16)36)26-23(35)10-20-30(28(26)37)43-33(44-32(20)46-12-18-6-7-19(13-46)42-18)47-15-34(2)14-45(3)9-8-22(34)31(38)39/h10,17-19,22,31,42H,4-9,12-15,41H2,1-3H3/t18-,19+,22-,34+/m1/s1. The molecular weight excluding hydrogens is 617 g/mol. The first-order valence-electron chi connectivity index (χ1n) is 16.2. The van der Waals surface area contributed by atoms with Gasteiger partial charge in [-0.1, -0.05) is 6.92 Å². The number of alkyl halides is 2. The fraction of sp³-hybridized carbons (Fsp3) is 0.559. The molecule has 0 amide bonds. The molecule has 4 aliphatic rings. The Hall–Kier alpha value is -3.76. The number of piperazine rings is 1. The average molecular weight is 656 g/mol. The number of aromatic nitrogens is 2. The van der Waals surface area contributed by atoms with E-state index in [0.717, 1.165) is 18.9 Å². The van der Waals surface area contributed by atoms with Gasteiger partial charge in [-0.05, 0) is 75.7 Å². The number of ether oxygens (including phenoxy) is 1. The van der Waals surface area contributed by atoms with Crippen molar-refractivity contribution in [2.24, 2.45) is 11.3 Å². The van der Waals surface area contributed by atoms with Crippen molar-refractivity contribution in [3.8, 4) is 23.2 Å². The molecular formula is C34H38F5N7O. The van der Waals surface area contributed by atoms with Gasteiger partial charge in [0, 0.05) is 54.0 Å². The summed E-state index contributed by atoms with van der Waals surface area (Å²) >= 11 is 0. The number of hydrogen-bond donors (Lipinski definition) is 2. The van der Waals surface area contributed by atoms with E-state index in [1.807, 2.05) is 22.9 Å². The highest BCUT2D eigenvalue weighted by Crippen LogP contribution is 2.51. The number of halogens is 5. The lowest BCUT2D eigenvalue weighted by Gasteiger charge is -2.44. The molecule has 3 saturated heterocycles. The van der Waals surface area contributed by atoms with Crippen LogP contribution in [0.15, 0.2) is 6.07 Å². The summed E-state index contributed by atoms with van der Waals surface area (Å²) in [4.78, 5) is 13.0. The maximum atomic E-state index is 17.0. The Kier molecular flexibility index (Phi) is 7.95. The third-order valence-corrected chi connectivity index (χ3v) is 10.6. The zero-order chi connectivity index (χ0) is 33.4. The van der Waals surface area contributed by atoms with Gasteiger partial charge in [0.2, 0.25) is 6.43 Å². The number of nitrogens with zero attached hydrogens (tertiary/aromatic N) is 5. The molecule has 3 N–H and O–H groups in total. The second-order valence-electron chi connectivity index (χ2n) is 14.1. The number of nitriles is 1. The minimum Gasteiger partial charge on any atom is -0.463 e. The molecule has 2 bridgehead atoms. The van der Waals surface area contributed by atoms with Gasteiger partial charge in [0.15, 0.2) is 11.6 Å². The summed E-state index contributed by atoms with van der Waals surface area (Å²) in [5.74, 6) is -3.59. The van der Waals surface area contributed by atoms with E-state index in [-0.39, 0.29) is 64.0 Å². The third kappa shape index (κ3) is 5.43. The summed E-state index contributed by atoms with van der Waals surface area (Å²) in [6.07, 6.45) is 1.01. The van der Waals surface area contributed by atoms with Crippen molar-refractivity contribution in [3.05, 3.63) is 40.2 Å². The fourth-order valence-corrected chi connectivity index (χ4v) is 8.14. The summed E-state index contributed by atoms with van der Waals surface area (Å²) in [5.41, 5.74) is 3.98. The van der Waals surface area contributed by atoms with E-state index >= 15 is 13.2 Å². The number of nitrogens with two attached hydrogens (primary N) is 1. The zero-order valence-corrected chi connectivity index (χ0v) is 26.6. The van der Waals surface area contributed by atoms with Gasteiger partial charge in [-0.25, -0.2) is 22.0 Å². The number of rotatable bonds is 7. The summed E-state index contributed by atoms with van der Waals surface area (Å²) in [5, 5.41) is 13.7. The zero-order valence-electron chi connectivity index (χ0n) is 26.6. The monoisotopic (exact) mass is 655 g/mol. The Bertz CT molecular complexity index is 1780. The second-order valence-corrected chi connectivity index (χ2v) is 14.1. The largest absolute Gasteiger partial charge is 0.463 e. The van der Waals surface area contributed by atoms with Crippen LogP contribution in [0.4, 0.5) is 33.5 Å². The molecule has 2 aromatic carbocycles. The van der Waals surface area contributed by atoms with Crippen LogP contribution in [0.1, 0.15) is 61.6 Å². The number of piperidine rings is 1. The first kappa shape index (κ1) is 31.8. The molecule has 3 aromatic rings. The van der Waals surface area contributed by atoms with Crippen LogP contribution in [0.2, 0.25) is 0 Å². The van der Waals surface area contributed by atoms with E-state index in [9.17, 15) is 14.0 Å². The molecule has 1 aliphatic carbocycles. The second kappa shape index (κ2) is 11.7. The molecule has 4 heterocycles. The molecule has 8 nitrogen and oxygen atoms in total. The molecule has 0 spiro atoms. The van der Waals surface area contributed by atoms with Crippen LogP contribution in [0.5, 0.6) is 6.01 Å². The number of nitrogen functional groups attached to an aromatic ring is 1. The van der Waals surface area contributed by atoms with Crippen molar-refractivity contribution < 1.29 is 26.7 Å². The predicted molar refractivity (Wildman–Crippen MR) is 168 cm³/mol. The van der Waals surface area contributed by atoms with E-state index in [1.54, 1.807) is 6.92 Å². The van der Waals surface area contributed by atoms with Crippen LogP contribution >= 0.6 is 0 Å². The molecule has 0 radical (unpaired) electrons. The molecule has 0 unspecified atom stereocenters. The van der Waals surface area contributed by atoms with Gasteiger partial charge in [-0.2, -0.15) is 15.2 Å². The molecule has 3 aliphatic heterocycles. The van der Waals surface area contributed by atoms with Crippen LogP contribution in [0.25, 0.3) is 22.0 Å². The number of anilines is 2. The summed E-state index contributed by atoms with van der Waals surface area (Å²) < 4.78 is 82.8. The van der Waals surface area contributed by atoms with Gasteiger partial charge in [-0.3, -0.25) is 0 Å². The molecule has 4 fully saturated rings. The highest BCUT2D eigenvalue weighted by atomic mass is 19.3. The summed E-state index contributed by atoms with van der Waals surface area (Å²) in [6.45, 7) is 5.09. The van der Waals surface area contributed by atoms with E-state index in [2.05, 4.69) is 15.3 Å². The van der Waals surface area contributed by atoms with E-state index < -0.39 is 46.5 Å². The minimum absolute atomic E-state index is 0.0660. The van der Waals surface area contributed by atoms with Gasteiger partial charge < -0.3 is 25.6 Å². The number of fused-ring (bicyclic) bond motifs is 3. The van der Waals surface area contributed by atoms with E-state index in [4.69, 9.17) is 10.5 Å². The number of likely N-dealkylation sites (tertiary alicyclic amines) is 1. The van der Waals surface area contributed by atoms with Crippen LogP contribution in [-0.4, -0.2) is 73.2 Å². The van der Waals surface area contributed by atoms with Crippen molar-refractivity contribution in [2.45, 2.75) is 70.4 Å². The molecule has 1 saturated carbocycles. The lowest BCUT2D eigenvalue weighted by molar-refractivity contribution is -0.0679. The SMILES string of the molecule is Cc1c(F)c(N)c(C#N)c(-c2c(F)cc3c(N4C[C@H]5CC[C@@H](C4)N5)nc(OC[C@]4(C)CN(C)CC[C@@H]4C(F)F)nc3c2F)c1C1CC1. The van der Waals surface area contributed by atoms with Gasteiger partial charge in [0.25, 0.3) is 0 Å². The minimum atomic E-state index is -2.55.